The van der Waals surface area contributed by atoms with Crippen LogP contribution in [0.4, 0.5) is 0 Å². The number of aliphatic imine (C=N–C) groups is 1. The Balaban J connectivity index is 1.35. The van der Waals surface area contributed by atoms with Crippen molar-refractivity contribution in [2.45, 2.75) is 21.8 Å². The van der Waals surface area contributed by atoms with E-state index in [9.17, 15) is 19.5 Å². The zero-order valence-electron chi connectivity index (χ0n) is 18.8. The molecule has 4 rings (SSSR count). The maximum absolute atomic E-state index is 12.9. The Morgan fingerprint density at radius 1 is 1.27 bits per heavy atom. The SMILES string of the molecule is NC1=CC(N)=NC(SCSC2=C(C(=O)O)N3C(=O)[C@@H](NC(=O)CSc4cc(Cl)ccc4Cl)[C@H]3SC2)N1N. The first kappa shape index (κ1) is 28.1. The lowest BCUT2D eigenvalue weighted by Crippen LogP contribution is -2.70. The molecule has 3 aliphatic rings. The number of hydrogen-bond donors (Lipinski definition) is 5. The molecule has 0 radical (unpaired) electrons. The second kappa shape index (κ2) is 11.9. The van der Waals surface area contributed by atoms with E-state index in [4.69, 9.17) is 40.5 Å². The zero-order chi connectivity index (χ0) is 26.9. The minimum absolute atomic E-state index is 0.0210. The Morgan fingerprint density at radius 3 is 2.76 bits per heavy atom. The number of amides is 2. The molecule has 2 amide bonds. The number of β-lactam (4-membered cyclic amide) rings is 1. The first-order valence-corrected chi connectivity index (χ1v) is 15.3. The van der Waals surface area contributed by atoms with Crippen molar-refractivity contribution in [3.8, 4) is 0 Å². The number of thioether (sulfide) groups is 4. The summed E-state index contributed by atoms with van der Waals surface area (Å²) in [7, 11) is 0. The number of hydrogen-bond acceptors (Lipinski definition) is 12. The molecule has 0 aliphatic carbocycles. The quantitative estimate of drug-likeness (QED) is 0.117. The number of hydrazine groups is 1. The van der Waals surface area contributed by atoms with Crippen molar-refractivity contribution in [1.82, 2.24) is 15.2 Å². The molecule has 0 spiro atoms. The second-order valence-electron chi connectivity index (χ2n) is 7.68. The van der Waals surface area contributed by atoms with Crippen LogP contribution in [0.5, 0.6) is 0 Å². The van der Waals surface area contributed by atoms with Gasteiger partial charge in [0.25, 0.3) is 5.91 Å². The molecule has 1 saturated heterocycles. The highest BCUT2D eigenvalue weighted by atomic mass is 35.5. The third kappa shape index (κ3) is 6.24. The highest BCUT2D eigenvalue weighted by molar-refractivity contribution is 8.18. The van der Waals surface area contributed by atoms with Crippen molar-refractivity contribution in [3.63, 3.8) is 0 Å². The van der Waals surface area contributed by atoms with Gasteiger partial charge < -0.3 is 21.9 Å². The van der Waals surface area contributed by atoms with Gasteiger partial charge in [0.05, 0.1) is 10.8 Å². The minimum Gasteiger partial charge on any atom is -0.477 e. The lowest BCUT2D eigenvalue weighted by molar-refractivity contribution is -0.150. The highest BCUT2D eigenvalue weighted by Crippen LogP contribution is 2.44. The number of nitrogens with zero attached hydrogens (tertiary/aromatic N) is 3. The fraction of sp³-hybridized carbons (Fsp3) is 0.300. The highest BCUT2D eigenvalue weighted by Gasteiger charge is 2.54. The average molecular weight is 623 g/mol. The van der Waals surface area contributed by atoms with Crippen molar-refractivity contribution in [3.05, 3.63) is 50.7 Å². The molecule has 1 aromatic carbocycles. The van der Waals surface area contributed by atoms with Gasteiger partial charge in [-0.3, -0.25) is 19.5 Å². The molecule has 0 aromatic heterocycles. The minimum atomic E-state index is -1.21. The topological polar surface area (TPSA) is 180 Å². The fourth-order valence-corrected chi connectivity index (χ4v) is 8.68. The summed E-state index contributed by atoms with van der Waals surface area (Å²) in [5, 5.41) is 14.7. The van der Waals surface area contributed by atoms with Gasteiger partial charge in [0.1, 0.15) is 28.8 Å². The van der Waals surface area contributed by atoms with Crippen molar-refractivity contribution in [2.24, 2.45) is 22.3 Å². The van der Waals surface area contributed by atoms with Crippen LogP contribution < -0.4 is 22.6 Å². The van der Waals surface area contributed by atoms with Gasteiger partial charge in [0, 0.05) is 31.7 Å². The van der Waals surface area contributed by atoms with Crippen molar-refractivity contribution < 1.29 is 19.5 Å². The number of carboxylic acid groups (broad SMARTS) is 1. The van der Waals surface area contributed by atoms with Crippen LogP contribution in [0.3, 0.4) is 0 Å². The van der Waals surface area contributed by atoms with E-state index in [1.165, 1.54) is 63.0 Å². The van der Waals surface area contributed by atoms with Gasteiger partial charge in [-0.1, -0.05) is 23.2 Å². The summed E-state index contributed by atoms with van der Waals surface area (Å²) >= 11 is 17.3. The number of rotatable bonds is 9. The average Bonchev–Trinajstić information content (AvgIpc) is 2.85. The van der Waals surface area contributed by atoms with Crippen LogP contribution in [0.15, 0.2) is 50.6 Å². The first-order valence-electron chi connectivity index (χ1n) is 10.4. The van der Waals surface area contributed by atoms with Gasteiger partial charge in [-0.05, 0) is 18.2 Å². The molecule has 3 atom stereocenters. The monoisotopic (exact) mass is 621 g/mol. The fourth-order valence-electron chi connectivity index (χ4n) is 3.51. The van der Waals surface area contributed by atoms with Crippen molar-refractivity contribution in [1.29, 1.82) is 0 Å². The van der Waals surface area contributed by atoms with E-state index < -0.39 is 28.8 Å². The summed E-state index contributed by atoms with van der Waals surface area (Å²) in [5.74, 6) is 4.75. The van der Waals surface area contributed by atoms with Gasteiger partial charge >= 0.3 is 5.97 Å². The van der Waals surface area contributed by atoms with E-state index in [1.807, 2.05) is 0 Å². The number of nitrogens with one attached hydrogen (secondary N) is 1. The molecule has 11 nitrogen and oxygen atoms in total. The summed E-state index contributed by atoms with van der Waals surface area (Å²) in [5.41, 5.74) is 10.9. The summed E-state index contributed by atoms with van der Waals surface area (Å²) in [6, 6.07) is 4.13. The van der Waals surface area contributed by atoms with E-state index >= 15 is 0 Å². The number of carbonyl (C=O) groups excluding carboxylic acids is 2. The molecule has 198 valence electrons. The van der Waals surface area contributed by atoms with E-state index in [-0.39, 0.29) is 29.0 Å². The molecule has 17 heteroatoms. The Morgan fingerprint density at radius 2 is 2.03 bits per heavy atom. The van der Waals surface area contributed by atoms with Crippen molar-refractivity contribution >= 4 is 93.9 Å². The largest absolute Gasteiger partial charge is 0.477 e. The molecule has 1 aromatic rings. The van der Waals surface area contributed by atoms with Gasteiger partial charge in [0.2, 0.25) is 5.91 Å². The van der Waals surface area contributed by atoms with Crippen molar-refractivity contribution in [2.75, 3.05) is 16.6 Å². The number of amidine groups is 1. The maximum atomic E-state index is 12.9. The number of benzene rings is 1. The standard InChI is InChI=1S/C20H21Cl2N7O4S4/c21-8-1-2-9(22)10(3-8)34-6-14(30)27-15-17(31)28-16(19(32)33)11(5-35-18(15)28)36-7-37-20-26-12(23)4-13(24)29(20)25/h1-4,15,18,20H,5-7,24-25H2,(H2,23,26)(H,27,30)(H,32,33)/t15-,18-,20?/m1/s1. The molecular weight excluding hydrogens is 601 g/mol. The summed E-state index contributed by atoms with van der Waals surface area (Å²) in [6.07, 6.45) is 1.45. The number of aliphatic carboxylic acids is 1. The Labute approximate surface area is 238 Å². The van der Waals surface area contributed by atoms with Crippen LogP contribution in [-0.4, -0.2) is 72.1 Å². The van der Waals surface area contributed by atoms with Crippen LogP contribution in [0.25, 0.3) is 0 Å². The Kier molecular flexibility index (Phi) is 9.04. The van der Waals surface area contributed by atoms with E-state index in [1.54, 1.807) is 18.2 Å². The van der Waals surface area contributed by atoms with Crippen LogP contribution in [0, 0.1) is 0 Å². The molecule has 1 fully saturated rings. The van der Waals surface area contributed by atoms with Gasteiger partial charge in [-0.2, -0.15) is 0 Å². The third-order valence-corrected chi connectivity index (χ3v) is 10.8. The van der Waals surface area contributed by atoms with Crippen LogP contribution in [0.1, 0.15) is 0 Å². The Bertz CT molecular complexity index is 1230. The third-order valence-electron chi connectivity index (χ3n) is 5.25. The van der Waals surface area contributed by atoms with E-state index in [2.05, 4.69) is 10.3 Å². The molecule has 37 heavy (non-hydrogen) atoms. The zero-order valence-corrected chi connectivity index (χ0v) is 23.6. The van der Waals surface area contributed by atoms with Gasteiger partial charge in [-0.15, -0.1) is 47.0 Å². The predicted molar refractivity (Wildman–Crippen MR) is 151 cm³/mol. The second-order valence-corrected chi connectivity index (χ2v) is 13.1. The van der Waals surface area contributed by atoms with Crippen LogP contribution >= 0.6 is 70.2 Å². The maximum Gasteiger partial charge on any atom is 0.353 e. The molecule has 0 saturated carbocycles. The van der Waals surface area contributed by atoms with E-state index in [0.717, 1.165) is 0 Å². The molecule has 1 unspecified atom stereocenters. The Hall–Kier alpha value is -1.88. The van der Waals surface area contributed by atoms with E-state index in [0.29, 0.717) is 30.7 Å². The number of carbonyl (C=O) groups is 3. The molecule has 3 heterocycles. The number of carboxylic acids is 1. The molecule has 8 N–H and O–H groups in total. The van der Waals surface area contributed by atoms with Crippen LogP contribution in [-0.2, 0) is 14.4 Å². The molecule has 3 aliphatic heterocycles. The summed E-state index contributed by atoms with van der Waals surface area (Å²) < 4.78 is 0. The first-order chi connectivity index (χ1) is 17.6. The predicted octanol–water partition coefficient (Wildman–Crippen LogP) is 1.84. The number of nitrogens with two attached hydrogens (primary N) is 3. The van der Waals surface area contributed by atoms with Gasteiger partial charge in [-0.25, -0.2) is 15.6 Å². The normalized spacial score (nSPS) is 23.2. The molecule has 0 bridgehead atoms. The summed E-state index contributed by atoms with van der Waals surface area (Å²) in [4.78, 5) is 44.1. The molecular formula is C20H21Cl2N7O4S4. The summed E-state index contributed by atoms with van der Waals surface area (Å²) in [6.45, 7) is 0. The number of halogens is 2. The smallest absolute Gasteiger partial charge is 0.353 e. The number of fused-ring (bicyclic) bond motifs is 1. The van der Waals surface area contributed by atoms with Gasteiger partial charge in [0.15, 0.2) is 5.50 Å². The lowest BCUT2D eigenvalue weighted by Gasteiger charge is -2.49. The lowest BCUT2D eigenvalue weighted by atomic mass is 10.1. The van der Waals surface area contributed by atoms with Crippen LogP contribution in [0.2, 0.25) is 10.0 Å².